The maximum absolute atomic E-state index is 11.6. The summed E-state index contributed by atoms with van der Waals surface area (Å²) in [5.41, 5.74) is 2.39. The van der Waals surface area contributed by atoms with E-state index in [2.05, 4.69) is 32.9 Å². The lowest BCUT2D eigenvalue weighted by Crippen LogP contribution is -2.41. The van der Waals surface area contributed by atoms with Crippen LogP contribution in [0, 0.1) is 23.7 Å². The average molecular weight is 373 g/mol. The third-order valence-corrected chi connectivity index (χ3v) is 6.38. The first kappa shape index (κ1) is 21.5. The highest BCUT2D eigenvalue weighted by Gasteiger charge is 2.44. The molecule has 2 atom stereocenters. The van der Waals surface area contributed by atoms with E-state index >= 15 is 0 Å². The monoisotopic (exact) mass is 372 g/mol. The normalized spacial score (nSPS) is 24.8. The number of ether oxygens (including phenoxy) is 2. The van der Waals surface area contributed by atoms with Crippen LogP contribution in [0.25, 0.3) is 6.08 Å². The molecule has 27 heavy (non-hydrogen) atoms. The SMILES string of the molecule is COc1cc(C)cc(OC)c1/C=C/[C@@]1(C)CCCC(C)(C)[C@@H]1CCC(C)=O. The fourth-order valence-electron chi connectivity index (χ4n) is 4.94. The number of Topliss-reactive ketones (excluding diaryl/α,β-unsaturated/α-hetero) is 1. The summed E-state index contributed by atoms with van der Waals surface area (Å²) in [5.74, 6) is 2.43. The van der Waals surface area contributed by atoms with Crippen molar-refractivity contribution in [3.05, 3.63) is 29.3 Å². The first-order valence-corrected chi connectivity index (χ1v) is 10.0. The Morgan fingerprint density at radius 1 is 1.15 bits per heavy atom. The van der Waals surface area contributed by atoms with Gasteiger partial charge in [-0.3, -0.25) is 0 Å². The molecule has 0 spiro atoms. The summed E-state index contributed by atoms with van der Waals surface area (Å²) in [5, 5.41) is 0. The van der Waals surface area contributed by atoms with Gasteiger partial charge in [0.1, 0.15) is 17.3 Å². The average Bonchev–Trinajstić information content (AvgIpc) is 2.58. The van der Waals surface area contributed by atoms with Crippen LogP contribution < -0.4 is 9.47 Å². The summed E-state index contributed by atoms with van der Waals surface area (Å²) in [6, 6.07) is 4.09. The second kappa shape index (κ2) is 8.50. The number of methoxy groups -OCH3 is 2. The Kier molecular flexibility index (Phi) is 6.77. The molecule has 0 N–H and O–H groups in total. The molecule has 0 aliphatic heterocycles. The zero-order valence-electron chi connectivity index (χ0n) is 18.1. The van der Waals surface area contributed by atoms with Gasteiger partial charge in [0.25, 0.3) is 0 Å². The number of hydrogen-bond donors (Lipinski definition) is 0. The fraction of sp³-hybridized carbons (Fsp3) is 0.625. The van der Waals surface area contributed by atoms with Crippen LogP contribution in [0.15, 0.2) is 18.2 Å². The number of carbonyl (C=O) groups excluding carboxylic acids is 1. The van der Waals surface area contributed by atoms with Crippen molar-refractivity contribution in [2.75, 3.05) is 14.2 Å². The Bertz CT molecular complexity index is 677. The number of benzene rings is 1. The van der Waals surface area contributed by atoms with Gasteiger partial charge in [0.05, 0.1) is 19.8 Å². The highest BCUT2D eigenvalue weighted by molar-refractivity contribution is 5.75. The van der Waals surface area contributed by atoms with Gasteiger partial charge in [-0.2, -0.15) is 0 Å². The highest BCUT2D eigenvalue weighted by atomic mass is 16.5. The van der Waals surface area contributed by atoms with Crippen LogP contribution in [-0.2, 0) is 4.79 Å². The number of carbonyl (C=O) groups is 1. The second-order valence-electron chi connectivity index (χ2n) is 9.06. The Morgan fingerprint density at radius 3 is 2.26 bits per heavy atom. The predicted molar refractivity (Wildman–Crippen MR) is 112 cm³/mol. The van der Waals surface area contributed by atoms with Crippen molar-refractivity contribution >= 4 is 11.9 Å². The molecule has 0 radical (unpaired) electrons. The molecule has 0 amide bonds. The van der Waals surface area contributed by atoms with Crippen LogP contribution in [0.1, 0.15) is 70.9 Å². The van der Waals surface area contributed by atoms with Gasteiger partial charge in [0, 0.05) is 6.42 Å². The van der Waals surface area contributed by atoms with E-state index in [-0.39, 0.29) is 16.6 Å². The van der Waals surface area contributed by atoms with Crippen LogP contribution in [0.2, 0.25) is 0 Å². The van der Waals surface area contributed by atoms with E-state index in [0.29, 0.717) is 12.3 Å². The maximum Gasteiger partial charge on any atom is 0.130 e. The van der Waals surface area contributed by atoms with Crippen molar-refractivity contribution in [2.24, 2.45) is 16.7 Å². The van der Waals surface area contributed by atoms with Gasteiger partial charge in [-0.1, -0.05) is 39.3 Å². The minimum absolute atomic E-state index is 0.0537. The van der Waals surface area contributed by atoms with Gasteiger partial charge in [-0.05, 0) is 67.6 Å². The van der Waals surface area contributed by atoms with Crippen LogP contribution in [-0.4, -0.2) is 20.0 Å². The molecular formula is C24H36O3. The van der Waals surface area contributed by atoms with E-state index in [4.69, 9.17) is 9.47 Å². The molecule has 0 heterocycles. The number of allylic oxidation sites excluding steroid dienone is 1. The molecule has 3 nitrogen and oxygen atoms in total. The van der Waals surface area contributed by atoms with Gasteiger partial charge >= 0.3 is 0 Å². The molecule has 0 unspecified atom stereocenters. The summed E-state index contributed by atoms with van der Waals surface area (Å²) in [4.78, 5) is 11.6. The first-order valence-electron chi connectivity index (χ1n) is 10.0. The summed E-state index contributed by atoms with van der Waals surface area (Å²) >= 11 is 0. The van der Waals surface area contributed by atoms with Gasteiger partial charge in [-0.25, -0.2) is 0 Å². The van der Waals surface area contributed by atoms with Crippen molar-refractivity contribution in [1.29, 1.82) is 0 Å². The third kappa shape index (κ3) is 4.94. The summed E-state index contributed by atoms with van der Waals surface area (Å²) in [7, 11) is 3.40. The molecule has 1 aromatic carbocycles. The standard InChI is InChI=1S/C24H36O3/c1-17-15-20(26-6)19(21(16-17)27-7)11-14-24(5)13-8-12-23(3,4)22(24)10-9-18(2)25/h11,14-16,22H,8-10,12-13H2,1-7H3/b14-11+/t22-,24+/m0/s1. The molecule has 0 aromatic heterocycles. The fourth-order valence-corrected chi connectivity index (χ4v) is 4.94. The molecule has 150 valence electrons. The van der Waals surface area contributed by atoms with Gasteiger partial charge in [-0.15, -0.1) is 0 Å². The third-order valence-electron chi connectivity index (χ3n) is 6.38. The molecule has 1 aliphatic rings. The molecule has 1 aliphatic carbocycles. The Balaban J connectivity index is 2.41. The van der Waals surface area contributed by atoms with Crippen LogP contribution in [0.4, 0.5) is 0 Å². The number of ketones is 1. The molecule has 2 rings (SSSR count). The lowest BCUT2D eigenvalue weighted by atomic mass is 9.55. The zero-order valence-corrected chi connectivity index (χ0v) is 18.1. The van der Waals surface area contributed by atoms with Gasteiger partial charge < -0.3 is 14.3 Å². The van der Waals surface area contributed by atoms with Crippen molar-refractivity contribution in [1.82, 2.24) is 0 Å². The molecular weight excluding hydrogens is 336 g/mol. The Hall–Kier alpha value is -1.77. The predicted octanol–water partition coefficient (Wildman–Crippen LogP) is 6.23. The Labute approximate surface area is 165 Å². The van der Waals surface area contributed by atoms with E-state index in [0.717, 1.165) is 35.5 Å². The molecule has 0 bridgehead atoms. The van der Waals surface area contributed by atoms with Crippen LogP contribution in [0.3, 0.4) is 0 Å². The molecule has 1 saturated carbocycles. The molecule has 3 heteroatoms. The van der Waals surface area contributed by atoms with Crippen molar-refractivity contribution in [3.8, 4) is 11.5 Å². The van der Waals surface area contributed by atoms with E-state index in [1.165, 1.54) is 12.8 Å². The van der Waals surface area contributed by atoms with Crippen molar-refractivity contribution in [3.63, 3.8) is 0 Å². The maximum atomic E-state index is 11.6. The summed E-state index contributed by atoms with van der Waals surface area (Å²) in [6.45, 7) is 10.8. The van der Waals surface area contributed by atoms with Crippen LogP contribution in [0.5, 0.6) is 11.5 Å². The Morgan fingerprint density at radius 2 is 1.74 bits per heavy atom. The topological polar surface area (TPSA) is 35.5 Å². The van der Waals surface area contributed by atoms with E-state index in [9.17, 15) is 4.79 Å². The number of rotatable bonds is 7. The highest BCUT2D eigenvalue weighted by Crippen LogP contribution is 2.54. The van der Waals surface area contributed by atoms with E-state index in [1.54, 1.807) is 21.1 Å². The summed E-state index contributed by atoms with van der Waals surface area (Å²) in [6.07, 6.45) is 9.70. The van der Waals surface area contributed by atoms with Crippen LogP contribution >= 0.6 is 0 Å². The van der Waals surface area contributed by atoms with E-state index < -0.39 is 0 Å². The summed E-state index contributed by atoms with van der Waals surface area (Å²) < 4.78 is 11.2. The first-order chi connectivity index (χ1) is 12.6. The minimum Gasteiger partial charge on any atom is -0.496 e. The van der Waals surface area contributed by atoms with Crippen molar-refractivity contribution < 1.29 is 14.3 Å². The number of hydrogen-bond acceptors (Lipinski definition) is 3. The lowest BCUT2D eigenvalue weighted by molar-refractivity contribution is -0.117. The van der Waals surface area contributed by atoms with E-state index in [1.807, 2.05) is 19.1 Å². The zero-order chi connectivity index (χ0) is 20.2. The smallest absolute Gasteiger partial charge is 0.130 e. The second-order valence-corrected chi connectivity index (χ2v) is 9.06. The molecule has 0 saturated heterocycles. The number of aryl methyl sites for hydroxylation is 1. The molecule has 1 fully saturated rings. The minimum atomic E-state index is 0.0537. The van der Waals surface area contributed by atoms with Crippen molar-refractivity contribution in [2.45, 2.75) is 66.7 Å². The lowest BCUT2D eigenvalue weighted by Gasteiger charge is -2.50. The largest absolute Gasteiger partial charge is 0.496 e. The quantitative estimate of drug-likeness (QED) is 0.569. The molecule has 1 aromatic rings. The van der Waals surface area contributed by atoms with Gasteiger partial charge in [0.15, 0.2) is 0 Å². The van der Waals surface area contributed by atoms with Gasteiger partial charge in [0.2, 0.25) is 0 Å².